The number of thioether (sulfide) groups is 1. The topological polar surface area (TPSA) is 66.1 Å². The Morgan fingerprint density at radius 1 is 1.08 bits per heavy atom. The van der Waals surface area contributed by atoms with Gasteiger partial charge in [-0.1, -0.05) is 30.0 Å². The number of para-hydroxylation sites is 1. The van der Waals surface area contributed by atoms with Crippen molar-refractivity contribution in [2.75, 3.05) is 19.5 Å². The third-order valence-electron chi connectivity index (χ3n) is 5.90. The first-order chi connectivity index (χ1) is 17.1. The van der Waals surface area contributed by atoms with Crippen LogP contribution in [0.4, 0.5) is 13.2 Å². The highest BCUT2D eigenvalue weighted by Gasteiger charge is 2.31. The first-order valence-electron chi connectivity index (χ1n) is 11.1. The molecule has 0 radical (unpaired) electrons. The second-order valence-electron chi connectivity index (χ2n) is 8.24. The molecule has 0 aliphatic heterocycles. The number of fused-ring (bicyclic) bond motifs is 1. The Morgan fingerprint density at radius 3 is 2.56 bits per heavy atom. The van der Waals surface area contributed by atoms with Crippen LogP contribution in [0.25, 0.3) is 16.6 Å². The quantitative estimate of drug-likeness (QED) is 0.178. The fourth-order valence-electron chi connectivity index (χ4n) is 4.08. The lowest BCUT2D eigenvalue weighted by Crippen LogP contribution is -2.22. The monoisotopic (exact) mass is 515 g/mol. The molecule has 6 nitrogen and oxygen atoms in total. The van der Waals surface area contributed by atoms with Crippen molar-refractivity contribution in [2.45, 2.75) is 31.7 Å². The summed E-state index contributed by atoms with van der Waals surface area (Å²) in [6, 6.07) is 12.9. The Labute approximate surface area is 209 Å². The van der Waals surface area contributed by atoms with Gasteiger partial charge in [-0.3, -0.25) is 14.2 Å². The number of aromatic nitrogens is 3. The van der Waals surface area contributed by atoms with Crippen LogP contribution in [0.2, 0.25) is 0 Å². The van der Waals surface area contributed by atoms with Gasteiger partial charge in [-0.25, -0.2) is 4.98 Å². The summed E-state index contributed by atoms with van der Waals surface area (Å²) in [7, 11) is 1.61. The van der Waals surface area contributed by atoms with E-state index >= 15 is 0 Å². The van der Waals surface area contributed by atoms with E-state index in [2.05, 4.69) is 4.98 Å². The first kappa shape index (κ1) is 25.7. The SMILES string of the molecule is COCCn1c(C)cc(C(=O)CSc2nc3ccccc3c(=O)n2-c2cccc(C(F)(F)F)c2)c1C. The molecule has 0 N–H and O–H groups in total. The lowest BCUT2D eigenvalue weighted by Gasteiger charge is -2.15. The lowest BCUT2D eigenvalue weighted by molar-refractivity contribution is -0.137. The van der Waals surface area contributed by atoms with Crippen LogP contribution in [0.1, 0.15) is 27.3 Å². The molecule has 0 saturated heterocycles. The van der Waals surface area contributed by atoms with E-state index in [9.17, 15) is 22.8 Å². The van der Waals surface area contributed by atoms with Gasteiger partial charge in [-0.2, -0.15) is 13.2 Å². The van der Waals surface area contributed by atoms with Crippen LogP contribution in [0.3, 0.4) is 0 Å². The molecular weight excluding hydrogens is 491 g/mol. The maximum Gasteiger partial charge on any atom is 0.416 e. The predicted molar refractivity (Wildman–Crippen MR) is 133 cm³/mol. The molecule has 0 spiro atoms. The molecule has 188 valence electrons. The standard InChI is InChI=1S/C26H24F3N3O3S/c1-16-13-21(17(2)31(16)11-12-35-3)23(33)15-36-25-30-22-10-5-4-9-20(22)24(34)32(25)19-8-6-7-18(14-19)26(27,28)29/h4-10,13-14H,11-12,15H2,1-3H3. The number of halogens is 3. The third-order valence-corrected chi connectivity index (χ3v) is 6.84. The number of carbonyl (C=O) groups excluding carboxylic acids is 1. The van der Waals surface area contributed by atoms with Crippen LogP contribution in [0.5, 0.6) is 0 Å². The molecule has 0 saturated carbocycles. The van der Waals surface area contributed by atoms with E-state index in [0.717, 1.165) is 39.8 Å². The van der Waals surface area contributed by atoms with Crippen LogP contribution in [-0.4, -0.2) is 39.4 Å². The summed E-state index contributed by atoms with van der Waals surface area (Å²) in [5, 5.41) is 0.409. The lowest BCUT2D eigenvalue weighted by atomic mass is 10.2. The molecule has 0 bridgehead atoms. The number of hydrogen-bond donors (Lipinski definition) is 0. The zero-order valence-electron chi connectivity index (χ0n) is 19.9. The van der Waals surface area contributed by atoms with Crippen LogP contribution in [0.15, 0.2) is 64.5 Å². The number of ketones is 1. The second kappa shape index (κ2) is 10.3. The van der Waals surface area contributed by atoms with E-state index in [1.165, 1.54) is 12.1 Å². The molecule has 0 aliphatic carbocycles. The summed E-state index contributed by atoms with van der Waals surface area (Å²) in [5.74, 6) is -0.215. The van der Waals surface area contributed by atoms with Crippen molar-refractivity contribution in [3.63, 3.8) is 0 Å². The largest absolute Gasteiger partial charge is 0.416 e. The van der Waals surface area contributed by atoms with Gasteiger partial charge < -0.3 is 9.30 Å². The molecule has 0 fully saturated rings. The minimum Gasteiger partial charge on any atom is -0.383 e. The van der Waals surface area contributed by atoms with Crippen molar-refractivity contribution in [3.05, 3.63) is 87.5 Å². The summed E-state index contributed by atoms with van der Waals surface area (Å²) in [6.45, 7) is 4.87. The Kier molecular flexibility index (Phi) is 7.37. The fourth-order valence-corrected chi connectivity index (χ4v) is 4.97. The average molecular weight is 516 g/mol. The third kappa shape index (κ3) is 5.10. The number of Topliss-reactive ketones (excluding diaryl/α,β-unsaturated/α-hetero) is 1. The number of aryl methyl sites for hydroxylation is 1. The zero-order valence-corrected chi connectivity index (χ0v) is 20.7. The van der Waals surface area contributed by atoms with Crippen molar-refractivity contribution in [1.82, 2.24) is 14.1 Å². The van der Waals surface area contributed by atoms with Crippen LogP contribution in [-0.2, 0) is 17.5 Å². The second-order valence-corrected chi connectivity index (χ2v) is 9.18. The number of nitrogens with zero attached hydrogens (tertiary/aromatic N) is 3. The van der Waals surface area contributed by atoms with Crippen LogP contribution < -0.4 is 5.56 Å². The van der Waals surface area contributed by atoms with Gasteiger partial charge >= 0.3 is 6.18 Å². The predicted octanol–water partition coefficient (Wildman–Crippen LogP) is 5.44. The highest BCUT2D eigenvalue weighted by Crippen LogP contribution is 2.31. The van der Waals surface area contributed by atoms with Gasteiger partial charge in [0, 0.05) is 30.6 Å². The minimum atomic E-state index is -4.57. The molecule has 36 heavy (non-hydrogen) atoms. The molecule has 2 aromatic carbocycles. The molecule has 0 unspecified atom stereocenters. The smallest absolute Gasteiger partial charge is 0.383 e. The molecule has 2 aromatic heterocycles. The first-order valence-corrected chi connectivity index (χ1v) is 12.1. The van der Waals surface area contributed by atoms with Crippen LogP contribution >= 0.6 is 11.8 Å². The molecule has 4 rings (SSSR count). The number of methoxy groups -OCH3 is 1. The summed E-state index contributed by atoms with van der Waals surface area (Å²) in [5.41, 5.74) is 1.31. The molecule has 0 aliphatic rings. The van der Waals surface area contributed by atoms with E-state index in [1.807, 2.05) is 24.5 Å². The summed E-state index contributed by atoms with van der Waals surface area (Å²) in [6.07, 6.45) is -4.57. The zero-order chi connectivity index (χ0) is 26.0. The van der Waals surface area contributed by atoms with Crippen molar-refractivity contribution in [3.8, 4) is 5.69 Å². The van der Waals surface area contributed by atoms with E-state index in [1.54, 1.807) is 31.4 Å². The Morgan fingerprint density at radius 2 is 1.83 bits per heavy atom. The van der Waals surface area contributed by atoms with E-state index in [0.29, 0.717) is 24.2 Å². The molecule has 2 heterocycles. The van der Waals surface area contributed by atoms with Gasteiger partial charge in [0.15, 0.2) is 10.9 Å². The molecule has 10 heteroatoms. The molecular formula is C26H24F3N3O3S. The van der Waals surface area contributed by atoms with Crippen molar-refractivity contribution in [1.29, 1.82) is 0 Å². The van der Waals surface area contributed by atoms with Crippen LogP contribution in [0, 0.1) is 13.8 Å². The molecule has 4 aromatic rings. The Balaban J connectivity index is 1.73. The Bertz CT molecular complexity index is 1490. The van der Waals surface area contributed by atoms with E-state index in [-0.39, 0.29) is 27.8 Å². The van der Waals surface area contributed by atoms with Crippen molar-refractivity contribution < 1.29 is 22.7 Å². The van der Waals surface area contributed by atoms with Crippen molar-refractivity contribution >= 4 is 28.4 Å². The fraction of sp³-hybridized carbons (Fsp3) is 0.269. The summed E-state index contributed by atoms with van der Waals surface area (Å²) in [4.78, 5) is 31.0. The van der Waals surface area contributed by atoms with Crippen molar-refractivity contribution in [2.24, 2.45) is 0 Å². The molecule has 0 atom stereocenters. The van der Waals surface area contributed by atoms with Gasteiger partial charge in [0.1, 0.15) is 0 Å². The summed E-state index contributed by atoms with van der Waals surface area (Å²) >= 11 is 1.02. The highest BCUT2D eigenvalue weighted by atomic mass is 32.2. The van der Waals surface area contributed by atoms with Gasteiger partial charge in [0.2, 0.25) is 0 Å². The number of rotatable bonds is 8. The number of alkyl halides is 3. The van der Waals surface area contributed by atoms with E-state index < -0.39 is 17.3 Å². The van der Waals surface area contributed by atoms with E-state index in [4.69, 9.17) is 4.74 Å². The summed E-state index contributed by atoms with van der Waals surface area (Å²) < 4.78 is 48.4. The number of ether oxygens (including phenoxy) is 1. The van der Waals surface area contributed by atoms with Gasteiger partial charge in [0.05, 0.1) is 34.5 Å². The Hall–Kier alpha value is -3.37. The highest BCUT2D eigenvalue weighted by molar-refractivity contribution is 7.99. The average Bonchev–Trinajstić information content (AvgIpc) is 3.14. The minimum absolute atomic E-state index is 0.0285. The number of benzene rings is 2. The van der Waals surface area contributed by atoms with Gasteiger partial charge in [-0.15, -0.1) is 0 Å². The van der Waals surface area contributed by atoms with Gasteiger partial charge in [0.25, 0.3) is 5.56 Å². The number of hydrogen-bond acceptors (Lipinski definition) is 5. The maximum absolute atomic E-state index is 13.4. The molecule has 0 amide bonds. The normalized spacial score (nSPS) is 11.8. The van der Waals surface area contributed by atoms with Gasteiger partial charge in [-0.05, 0) is 50.2 Å². The maximum atomic E-state index is 13.4. The number of carbonyl (C=O) groups is 1.